The van der Waals surface area contributed by atoms with Crippen molar-refractivity contribution >= 4 is 40.5 Å². The number of rotatable bonds is 11. The highest BCUT2D eigenvalue weighted by atomic mass is 35.5. The third-order valence-corrected chi connectivity index (χ3v) is 8.38. The molecule has 0 fully saturated rings. The SMILES string of the molecule is CCc1cccc(CC)c1NC(=O)c1nn(C)c2c1CCc1cnc(Nc3ccc(N(C)CCCN(C)C)cc3Cl)nc1-2. The number of hydrogen-bond acceptors (Lipinski definition) is 7. The molecule has 0 bridgehead atoms. The molecule has 0 saturated carbocycles. The zero-order chi connectivity index (χ0) is 30.7. The van der Waals surface area contributed by atoms with Crippen molar-refractivity contribution in [3.05, 3.63) is 75.6 Å². The predicted molar refractivity (Wildman–Crippen MR) is 176 cm³/mol. The fraction of sp³-hybridized carbons (Fsp3) is 0.394. The van der Waals surface area contributed by atoms with Crippen molar-refractivity contribution in [1.82, 2.24) is 24.6 Å². The minimum absolute atomic E-state index is 0.193. The minimum Gasteiger partial charge on any atom is -0.375 e. The normalized spacial score (nSPS) is 12.2. The van der Waals surface area contributed by atoms with Gasteiger partial charge in [-0.05, 0) is 87.6 Å². The van der Waals surface area contributed by atoms with E-state index in [1.165, 1.54) is 0 Å². The second-order valence-electron chi connectivity index (χ2n) is 11.3. The maximum atomic E-state index is 13.6. The van der Waals surface area contributed by atoms with Crippen molar-refractivity contribution in [2.45, 2.75) is 46.0 Å². The van der Waals surface area contributed by atoms with Crippen LogP contribution in [0.25, 0.3) is 11.4 Å². The van der Waals surface area contributed by atoms with Crippen LogP contribution in [0.1, 0.15) is 53.0 Å². The van der Waals surface area contributed by atoms with Gasteiger partial charge >= 0.3 is 0 Å². The van der Waals surface area contributed by atoms with Gasteiger partial charge in [-0.15, -0.1) is 0 Å². The molecule has 9 nitrogen and oxygen atoms in total. The standard InChI is InChI=1S/C33H41ClN8O/c1-7-21-11-9-12-22(8-2)28(21)37-32(43)30-25-15-13-23-20-35-33(38-29(23)31(25)42(6)39-30)36-27-16-14-24(19-26(27)34)41(5)18-10-17-40(3)4/h9,11-12,14,16,19-20H,7-8,10,13,15,17-18H2,1-6H3,(H,37,43)(H,35,36,38). The molecule has 0 saturated heterocycles. The van der Waals surface area contributed by atoms with Crippen molar-refractivity contribution in [1.29, 1.82) is 0 Å². The third-order valence-electron chi connectivity index (χ3n) is 8.07. The molecule has 2 heterocycles. The lowest BCUT2D eigenvalue weighted by atomic mass is 9.93. The van der Waals surface area contributed by atoms with E-state index < -0.39 is 0 Å². The molecule has 1 aliphatic rings. The fourth-order valence-corrected chi connectivity index (χ4v) is 5.91. The Balaban J connectivity index is 1.38. The Hall–Kier alpha value is -3.95. The molecular formula is C33H41ClN8O. The van der Waals surface area contributed by atoms with E-state index in [0.717, 1.165) is 89.5 Å². The quantitative estimate of drug-likeness (QED) is 0.214. The molecule has 1 amide bonds. The van der Waals surface area contributed by atoms with E-state index in [4.69, 9.17) is 16.6 Å². The van der Waals surface area contributed by atoms with Crippen molar-refractivity contribution in [2.24, 2.45) is 7.05 Å². The Morgan fingerprint density at radius 3 is 2.47 bits per heavy atom. The number of hydrogen-bond donors (Lipinski definition) is 2. The van der Waals surface area contributed by atoms with E-state index in [2.05, 4.69) is 77.6 Å². The van der Waals surface area contributed by atoms with Gasteiger partial charge in [0.1, 0.15) is 0 Å². The second-order valence-corrected chi connectivity index (χ2v) is 11.8. The van der Waals surface area contributed by atoms with Gasteiger partial charge in [-0.25, -0.2) is 9.97 Å². The Labute approximate surface area is 259 Å². The molecule has 0 spiro atoms. The van der Waals surface area contributed by atoms with Crippen LogP contribution in [0.4, 0.5) is 23.0 Å². The lowest BCUT2D eigenvalue weighted by Crippen LogP contribution is -2.23. The molecule has 2 aromatic heterocycles. The first-order valence-corrected chi connectivity index (χ1v) is 15.3. The van der Waals surface area contributed by atoms with Crippen LogP contribution in [0, 0.1) is 0 Å². The van der Waals surface area contributed by atoms with E-state index >= 15 is 0 Å². The summed E-state index contributed by atoms with van der Waals surface area (Å²) in [6.45, 7) is 6.17. The fourth-order valence-electron chi connectivity index (χ4n) is 5.69. The molecule has 43 heavy (non-hydrogen) atoms. The van der Waals surface area contributed by atoms with Crippen LogP contribution in [0.5, 0.6) is 0 Å². The summed E-state index contributed by atoms with van der Waals surface area (Å²) in [5, 5.41) is 11.8. The van der Waals surface area contributed by atoms with Crippen molar-refractivity contribution in [3.8, 4) is 11.4 Å². The monoisotopic (exact) mass is 600 g/mol. The van der Waals surface area contributed by atoms with Gasteiger partial charge in [-0.2, -0.15) is 5.10 Å². The number of amides is 1. The molecule has 2 aromatic carbocycles. The van der Waals surface area contributed by atoms with Gasteiger partial charge in [0, 0.05) is 43.8 Å². The van der Waals surface area contributed by atoms with Crippen LogP contribution in [-0.2, 0) is 32.7 Å². The molecule has 0 atom stereocenters. The number of benzene rings is 2. The summed E-state index contributed by atoms with van der Waals surface area (Å²) in [6, 6.07) is 12.1. The number of halogens is 1. The van der Waals surface area contributed by atoms with Crippen LogP contribution < -0.4 is 15.5 Å². The van der Waals surface area contributed by atoms with E-state index in [1.807, 2.05) is 37.5 Å². The van der Waals surface area contributed by atoms with Gasteiger partial charge in [-0.1, -0.05) is 43.6 Å². The smallest absolute Gasteiger partial charge is 0.276 e. The summed E-state index contributed by atoms with van der Waals surface area (Å²) < 4.78 is 1.76. The third kappa shape index (κ3) is 6.53. The van der Waals surface area contributed by atoms with Crippen LogP contribution >= 0.6 is 11.6 Å². The first-order chi connectivity index (χ1) is 20.7. The molecule has 0 unspecified atom stereocenters. The summed E-state index contributed by atoms with van der Waals surface area (Å²) in [5.41, 5.74) is 8.92. The summed E-state index contributed by atoms with van der Waals surface area (Å²) in [5.74, 6) is 0.249. The van der Waals surface area contributed by atoms with Gasteiger partial charge in [0.25, 0.3) is 5.91 Å². The molecule has 0 radical (unpaired) electrons. The molecule has 2 N–H and O–H groups in total. The number of anilines is 4. The van der Waals surface area contributed by atoms with Crippen LogP contribution in [-0.4, -0.2) is 64.8 Å². The van der Waals surface area contributed by atoms with Crippen LogP contribution in [0.2, 0.25) is 5.02 Å². The second kappa shape index (κ2) is 13.1. The Kier molecular flexibility index (Phi) is 9.32. The number of nitrogens with zero attached hydrogens (tertiary/aromatic N) is 6. The van der Waals surface area contributed by atoms with Gasteiger partial charge in [-0.3, -0.25) is 9.48 Å². The zero-order valence-electron chi connectivity index (χ0n) is 26.0. The van der Waals surface area contributed by atoms with Crippen LogP contribution in [0.3, 0.4) is 0 Å². The highest BCUT2D eigenvalue weighted by Gasteiger charge is 2.29. The summed E-state index contributed by atoms with van der Waals surface area (Å²) in [4.78, 5) is 27.5. The topological polar surface area (TPSA) is 91.2 Å². The van der Waals surface area contributed by atoms with E-state index in [1.54, 1.807) is 4.68 Å². The zero-order valence-corrected chi connectivity index (χ0v) is 26.7. The summed E-state index contributed by atoms with van der Waals surface area (Å²) in [7, 11) is 8.11. The van der Waals surface area contributed by atoms with Crippen molar-refractivity contribution < 1.29 is 4.79 Å². The highest BCUT2D eigenvalue weighted by molar-refractivity contribution is 6.33. The number of para-hydroxylation sites is 1. The predicted octanol–water partition coefficient (Wildman–Crippen LogP) is 6.14. The first-order valence-electron chi connectivity index (χ1n) is 15.0. The van der Waals surface area contributed by atoms with Gasteiger partial charge in [0.2, 0.25) is 5.95 Å². The molecule has 1 aliphatic carbocycles. The molecular weight excluding hydrogens is 560 g/mol. The molecule has 5 rings (SSSR count). The number of carbonyl (C=O) groups excluding carboxylic acids is 1. The van der Waals surface area contributed by atoms with Gasteiger partial charge in [0.05, 0.1) is 22.1 Å². The largest absolute Gasteiger partial charge is 0.375 e. The number of nitrogens with one attached hydrogen (secondary N) is 2. The maximum absolute atomic E-state index is 13.6. The average molecular weight is 601 g/mol. The Bertz CT molecular complexity index is 1610. The molecule has 10 heteroatoms. The Morgan fingerprint density at radius 2 is 1.79 bits per heavy atom. The maximum Gasteiger partial charge on any atom is 0.276 e. The van der Waals surface area contributed by atoms with E-state index in [9.17, 15) is 4.79 Å². The highest BCUT2D eigenvalue weighted by Crippen LogP contribution is 2.36. The van der Waals surface area contributed by atoms with Crippen molar-refractivity contribution in [2.75, 3.05) is 49.8 Å². The van der Waals surface area contributed by atoms with Gasteiger partial charge in [0.15, 0.2) is 5.69 Å². The summed E-state index contributed by atoms with van der Waals surface area (Å²) >= 11 is 6.69. The molecule has 4 aromatic rings. The number of aromatic nitrogens is 4. The van der Waals surface area contributed by atoms with E-state index in [-0.39, 0.29) is 5.91 Å². The average Bonchev–Trinajstić information content (AvgIpc) is 3.34. The lowest BCUT2D eigenvalue weighted by Gasteiger charge is -2.21. The van der Waals surface area contributed by atoms with E-state index in [0.29, 0.717) is 23.1 Å². The van der Waals surface area contributed by atoms with Crippen LogP contribution in [0.15, 0.2) is 42.6 Å². The minimum atomic E-state index is -0.193. The Morgan fingerprint density at radius 1 is 1.05 bits per heavy atom. The first kappa shape index (κ1) is 30.5. The summed E-state index contributed by atoms with van der Waals surface area (Å²) in [6.07, 6.45) is 6.02. The molecule has 0 aliphatic heterocycles. The molecule has 226 valence electrons. The lowest BCUT2D eigenvalue weighted by molar-refractivity contribution is 0.102. The number of fused-ring (bicyclic) bond motifs is 3. The number of carbonyl (C=O) groups is 1. The van der Waals surface area contributed by atoms with Gasteiger partial charge < -0.3 is 20.4 Å². The van der Waals surface area contributed by atoms with Crippen molar-refractivity contribution in [3.63, 3.8) is 0 Å². The number of aryl methyl sites for hydroxylation is 4.